The summed E-state index contributed by atoms with van der Waals surface area (Å²) in [7, 11) is 8.97. The molecule has 4 nitrogen and oxygen atoms in total. The first kappa shape index (κ1) is 29.7. The van der Waals surface area contributed by atoms with Crippen molar-refractivity contribution in [1.29, 1.82) is 0 Å². The predicted octanol–water partition coefficient (Wildman–Crippen LogP) is 8.60. The monoisotopic (exact) mass is 735 g/mol. The third-order valence-corrected chi connectivity index (χ3v) is 7.82. The lowest BCUT2D eigenvalue weighted by Gasteiger charge is -2.14. The van der Waals surface area contributed by atoms with E-state index in [9.17, 15) is 4.79 Å². The molecule has 0 unspecified atom stereocenters. The number of benzene rings is 3. The molecule has 0 saturated heterocycles. The van der Waals surface area contributed by atoms with E-state index in [1.807, 2.05) is 70.7 Å². The standard InChI is InChI=1S/C26H24BrCl2N3OS.HIS/c1-30-14-18-10-21-22(27)11-20(34-19-8-9-23(28)24(29)12-19)13-25(21)32(18)15-16-4-6-17(7-5-16)26(33)31(2)3;1-2/h4-13,30H,14-15H2,1-3H3;2H. The highest BCUT2D eigenvalue weighted by Gasteiger charge is 2.15. The fourth-order valence-electron chi connectivity index (χ4n) is 3.79. The molecule has 4 rings (SSSR count). The minimum absolute atomic E-state index is 0.00161. The Morgan fingerprint density at radius 3 is 2.33 bits per heavy atom. The van der Waals surface area contributed by atoms with Crippen LogP contribution in [0.2, 0.25) is 10.0 Å². The summed E-state index contributed by atoms with van der Waals surface area (Å²) in [4.78, 5) is 15.9. The molecule has 0 spiro atoms. The van der Waals surface area contributed by atoms with Crippen LogP contribution in [-0.2, 0) is 13.1 Å². The van der Waals surface area contributed by atoms with Gasteiger partial charge in [0.25, 0.3) is 5.91 Å². The van der Waals surface area contributed by atoms with E-state index in [2.05, 4.69) is 53.8 Å². The fourth-order valence-corrected chi connectivity index (χ4v) is 5.80. The molecule has 0 saturated carbocycles. The van der Waals surface area contributed by atoms with Gasteiger partial charge in [0.15, 0.2) is 0 Å². The van der Waals surface area contributed by atoms with Gasteiger partial charge in [-0.1, -0.05) is 63.0 Å². The van der Waals surface area contributed by atoms with Crippen molar-refractivity contribution in [3.05, 3.63) is 92.0 Å². The molecule has 190 valence electrons. The van der Waals surface area contributed by atoms with Gasteiger partial charge in [-0.3, -0.25) is 4.79 Å². The van der Waals surface area contributed by atoms with Gasteiger partial charge in [-0.15, -0.1) is 9.80 Å². The number of hydrogen-bond acceptors (Lipinski definition) is 4. The molecule has 0 bridgehead atoms. The first-order valence-corrected chi connectivity index (χ1v) is 16.4. The van der Waals surface area contributed by atoms with Crippen LogP contribution in [-0.4, -0.2) is 36.5 Å². The molecule has 0 atom stereocenters. The molecule has 10 heteroatoms. The van der Waals surface area contributed by atoms with Crippen LogP contribution < -0.4 is 5.32 Å². The lowest BCUT2D eigenvalue weighted by molar-refractivity contribution is 0.0827. The summed E-state index contributed by atoms with van der Waals surface area (Å²) in [6.45, 7) is 1.44. The zero-order chi connectivity index (χ0) is 26.4. The lowest BCUT2D eigenvalue weighted by Crippen LogP contribution is -2.21. The van der Waals surface area contributed by atoms with E-state index >= 15 is 0 Å². The molecule has 1 N–H and O–H groups in total. The van der Waals surface area contributed by atoms with Gasteiger partial charge in [0.1, 0.15) is 0 Å². The Balaban J connectivity index is 0.00000176. The van der Waals surface area contributed by atoms with Gasteiger partial charge in [0, 0.05) is 58.1 Å². The third-order valence-electron chi connectivity index (χ3n) is 5.46. The fraction of sp³-hybridized carbons (Fsp3) is 0.192. The average Bonchev–Trinajstić information content (AvgIpc) is 3.20. The Hall–Kier alpha value is -0.880. The number of carbonyl (C=O) groups excluding carboxylic acids is 1. The molecule has 36 heavy (non-hydrogen) atoms. The molecule has 0 aliphatic carbocycles. The lowest BCUT2D eigenvalue weighted by atomic mass is 10.1. The zero-order valence-corrected chi connectivity index (χ0v) is 26.8. The maximum Gasteiger partial charge on any atom is 0.253 e. The van der Waals surface area contributed by atoms with E-state index in [0.29, 0.717) is 22.2 Å². The maximum atomic E-state index is 12.2. The Kier molecular flexibility index (Phi) is 11.4. The normalized spacial score (nSPS) is 10.8. The molecule has 0 aliphatic rings. The predicted molar refractivity (Wildman–Crippen MR) is 170 cm³/mol. The van der Waals surface area contributed by atoms with E-state index in [0.717, 1.165) is 37.3 Å². The highest BCUT2D eigenvalue weighted by molar-refractivity contribution is 14.2. The Bertz CT molecular complexity index is 1360. The van der Waals surface area contributed by atoms with E-state index in [-0.39, 0.29) is 5.91 Å². The van der Waals surface area contributed by atoms with Crippen LogP contribution in [0.4, 0.5) is 0 Å². The van der Waals surface area contributed by atoms with Crippen molar-refractivity contribution in [2.24, 2.45) is 0 Å². The summed E-state index contributed by atoms with van der Waals surface area (Å²) in [6.07, 6.45) is 0. The number of aromatic nitrogens is 1. The van der Waals surface area contributed by atoms with Crippen LogP contribution in [0.25, 0.3) is 10.9 Å². The van der Waals surface area contributed by atoms with Crippen molar-refractivity contribution in [3.63, 3.8) is 0 Å². The Labute approximate surface area is 252 Å². The van der Waals surface area contributed by atoms with Crippen molar-refractivity contribution in [3.8, 4) is 0 Å². The molecular weight excluding hydrogens is 712 g/mol. The summed E-state index contributed by atoms with van der Waals surface area (Å²) in [5.74, 6) is 0.00161. The summed E-state index contributed by atoms with van der Waals surface area (Å²) in [6, 6.07) is 20.1. The third kappa shape index (κ3) is 7.15. The molecule has 0 fully saturated rings. The quantitative estimate of drug-likeness (QED) is 0.148. The van der Waals surface area contributed by atoms with E-state index in [4.69, 9.17) is 23.2 Å². The first-order chi connectivity index (χ1) is 17.3. The summed E-state index contributed by atoms with van der Waals surface area (Å²) in [5, 5.41) is 5.52. The van der Waals surface area contributed by atoms with Crippen molar-refractivity contribution >= 4 is 98.7 Å². The summed E-state index contributed by atoms with van der Waals surface area (Å²) in [5.41, 5.74) is 4.13. The number of fused-ring (bicyclic) bond motifs is 1. The van der Waals surface area contributed by atoms with Crippen LogP contribution >= 0.6 is 81.9 Å². The van der Waals surface area contributed by atoms with Gasteiger partial charge >= 0.3 is 0 Å². The van der Waals surface area contributed by atoms with Crippen molar-refractivity contribution in [2.75, 3.05) is 21.1 Å². The Morgan fingerprint density at radius 2 is 1.72 bits per heavy atom. The number of thiol groups is 1. The second-order valence-electron chi connectivity index (χ2n) is 8.16. The SMILES string of the molecule is CNCc1cc2c(Br)cc(Sc3ccc(Cl)c(Cl)c3)cc2n1Cc1ccc(C(=O)N(C)C)cc1.SI. The number of carbonyl (C=O) groups is 1. The average molecular weight is 737 g/mol. The molecular formula is C26H25BrCl2IN3OS2. The number of amides is 1. The van der Waals surface area contributed by atoms with Gasteiger partial charge < -0.3 is 14.8 Å². The van der Waals surface area contributed by atoms with E-state index in [1.165, 1.54) is 5.69 Å². The first-order valence-electron chi connectivity index (χ1n) is 10.8. The molecule has 3 aromatic carbocycles. The van der Waals surface area contributed by atoms with Crippen LogP contribution in [0.15, 0.2) is 74.9 Å². The molecule has 0 radical (unpaired) electrons. The van der Waals surface area contributed by atoms with Gasteiger partial charge in [-0.2, -0.15) is 0 Å². The highest BCUT2D eigenvalue weighted by atomic mass is 127. The van der Waals surface area contributed by atoms with Crippen molar-refractivity contribution < 1.29 is 4.79 Å². The molecule has 1 aromatic heterocycles. The Morgan fingerprint density at radius 1 is 1.03 bits per heavy atom. The zero-order valence-electron chi connectivity index (χ0n) is 19.9. The van der Waals surface area contributed by atoms with Crippen molar-refractivity contribution in [1.82, 2.24) is 14.8 Å². The molecule has 4 aromatic rings. The van der Waals surface area contributed by atoms with E-state index in [1.54, 1.807) is 30.8 Å². The van der Waals surface area contributed by atoms with Crippen LogP contribution in [0.5, 0.6) is 0 Å². The smallest absolute Gasteiger partial charge is 0.253 e. The topological polar surface area (TPSA) is 37.3 Å². The van der Waals surface area contributed by atoms with Crippen molar-refractivity contribution in [2.45, 2.75) is 22.9 Å². The second kappa shape index (κ2) is 13.8. The summed E-state index contributed by atoms with van der Waals surface area (Å²) >= 11 is 19.6. The maximum absolute atomic E-state index is 12.2. The van der Waals surface area contributed by atoms with Gasteiger partial charge in [-0.25, -0.2) is 0 Å². The van der Waals surface area contributed by atoms with E-state index < -0.39 is 0 Å². The van der Waals surface area contributed by atoms with Crippen LogP contribution in [0.1, 0.15) is 21.6 Å². The number of nitrogens with one attached hydrogen (secondary N) is 1. The second-order valence-corrected chi connectivity index (χ2v) is 11.0. The highest BCUT2D eigenvalue weighted by Crippen LogP contribution is 2.38. The largest absolute Gasteiger partial charge is 0.345 e. The van der Waals surface area contributed by atoms with Gasteiger partial charge in [0.2, 0.25) is 0 Å². The molecule has 1 amide bonds. The molecule has 1 heterocycles. The minimum atomic E-state index is 0.00161. The molecule has 0 aliphatic heterocycles. The summed E-state index contributed by atoms with van der Waals surface area (Å²) < 4.78 is 3.36. The number of hydrogen-bond donors (Lipinski definition) is 2. The van der Waals surface area contributed by atoms with Gasteiger partial charge in [-0.05, 0) is 82.3 Å². The minimum Gasteiger partial charge on any atom is -0.345 e. The number of halogens is 4. The number of nitrogens with zero attached hydrogens (tertiary/aromatic N) is 2. The van der Waals surface area contributed by atoms with Crippen LogP contribution in [0, 0.1) is 0 Å². The van der Waals surface area contributed by atoms with Gasteiger partial charge in [0.05, 0.1) is 15.6 Å². The number of rotatable bonds is 7. The van der Waals surface area contributed by atoms with Crippen LogP contribution in [0.3, 0.4) is 0 Å².